The monoisotopic (exact) mass is 453 g/mol. The maximum Gasteiger partial charge on any atom is 0.258 e. The zero-order valence-corrected chi connectivity index (χ0v) is 17.9. The predicted molar refractivity (Wildman–Crippen MR) is 115 cm³/mol. The smallest absolute Gasteiger partial charge is 0.258 e. The van der Waals surface area contributed by atoms with E-state index in [0.29, 0.717) is 44.2 Å². The number of hydrogen-bond donors (Lipinski definition) is 2. The molecule has 4 aromatic rings. The summed E-state index contributed by atoms with van der Waals surface area (Å²) in [5.74, 6) is -0.765. The molecule has 2 aromatic carbocycles. The van der Waals surface area contributed by atoms with Crippen LogP contribution in [0.3, 0.4) is 0 Å². The number of aromatic amines is 1. The molecule has 0 aliphatic rings. The van der Waals surface area contributed by atoms with Gasteiger partial charge in [0, 0.05) is 22.7 Å². The van der Waals surface area contributed by atoms with Crippen molar-refractivity contribution in [2.75, 3.05) is 6.54 Å². The van der Waals surface area contributed by atoms with Gasteiger partial charge in [0.1, 0.15) is 5.75 Å². The second-order valence-electron chi connectivity index (χ2n) is 7.22. The highest BCUT2D eigenvalue weighted by atomic mass is 35.5. The lowest BCUT2D eigenvalue weighted by Crippen LogP contribution is -2.37. The van der Waals surface area contributed by atoms with Crippen molar-refractivity contribution in [3.05, 3.63) is 53.2 Å². The van der Waals surface area contributed by atoms with Crippen molar-refractivity contribution < 1.29 is 24.0 Å². The Balaban J connectivity index is 1.65. The number of fused-ring (bicyclic) bond motifs is 1. The molecule has 0 radical (unpaired) electrons. The van der Waals surface area contributed by atoms with Gasteiger partial charge in [-0.15, -0.1) is 0 Å². The van der Waals surface area contributed by atoms with Crippen LogP contribution in [0.15, 0.2) is 47.1 Å². The number of aromatic nitrogens is 3. The molecule has 0 saturated heterocycles. The summed E-state index contributed by atoms with van der Waals surface area (Å²) in [6, 6.07) is 10.5. The maximum atomic E-state index is 12.3. The number of carbonyl (C=O) groups is 2. The number of H-pyrrole nitrogens is 1. The molecule has 2 N–H and O–H groups in total. The van der Waals surface area contributed by atoms with Crippen LogP contribution in [-0.4, -0.2) is 39.6 Å². The average molecular weight is 454 g/mol. The molecule has 32 heavy (non-hydrogen) atoms. The van der Waals surface area contributed by atoms with E-state index in [1.54, 1.807) is 36.4 Å². The van der Waals surface area contributed by atoms with Gasteiger partial charge in [-0.1, -0.05) is 28.9 Å². The summed E-state index contributed by atoms with van der Waals surface area (Å²) in [4.78, 5) is 30.4. The number of halogens is 1. The van der Waals surface area contributed by atoms with Crippen LogP contribution in [0.2, 0.25) is 5.02 Å². The average Bonchev–Trinajstić information content (AvgIpc) is 3.40. The number of nitrogens with zero attached hydrogens (tertiary/aromatic N) is 2. The van der Waals surface area contributed by atoms with Crippen LogP contribution in [-0.2, 0) is 4.79 Å². The summed E-state index contributed by atoms with van der Waals surface area (Å²) >= 11 is 6.30. The number of nitrogens with one attached hydrogen (secondary N) is 2. The number of carboxylic acids is 1. The Morgan fingerprint density at radius 1 is 1.28 bits per heavy atom. The molecule has 0 aliphatic carbocycles. The van der Waals surface area contributed by atoms with Crippen molar-refractivity contribution in [1.29, 1.82) is 0 Å². The third kappa shape index (κ3) is 4.28. The molecular weight excluding hydrogens is 436 g/mol. The quantitative estimate of drug-likeness (QED) is 0.439. The van der Waals surface area contributed by atoms with E-state index in [1.807, 2.05) is 13.8 Å². The first-order chi connectivity index (χ1) is 15.3. The van der Waals surface area contributed by atoms with Gasteiger partial charge in [-0.05, 0) is 38.1 Å². The molecule has 0 atom stereocenters. The largest absolute Gasteiger partial charge is 0.548 e. The van der Waals surface area contributed by atoms with Crippen molar-refractivity contribution in [2.45, 2.75) is 20.0 Å². The first-order valence-electron chi connectivity index (χ1n) is 9.72. The molecule has 164 valence electrons. The van der Waals surface area contributed by atoms with Gasteiger partial charge in [-0.2, -0.15) is 4.98 Å². The molecular formula is C22H18ClN4O5-. The number of carbonyl (C=O) groups excluding carboxylic acids is 2. The molecule has 9 nitrogen and oxygen atoms in total. The fraction of sp³-hybridized carbons (Fsp3) is 0.182. The van der Waals surface area contributed by atoms with Crippen LogP contribution < -0.4 is 15.2 Å². The lowest BCUT2D eigenvalue weighted by Gasteiger charge is -2.11. The maximum absolute atomic E-state index is 12.3. The van der Waals surface area contributed by atoms with E-state index >= 15 is 0 Å². The summed E-state index contributed by atoms with van der Waals surface area (Å²) < 4.78 is 11.1. The summed E-state index contributed by atoms with van der Waals surface area (Å²) in [6.45, 7) is 3.24. The first kappa shape index (κ1) is 21.4. The molecule has 0 fully saturated rings. The lowest BCUT2D eigenvalue weighted by atomic mass is 10.1. The van der Waals surface area contributed by atoms with Crippen molar-refractivity contribution in [1.82, 2.24) is 20.4 Å². The second-order valence-corrected chi connectivity index (χ2v) is 7.63. The van der Waals surface area contributed by atoms with E-state index in [2.05, 4.69) is 20.4 Å². The number of ether oxygens (including phenoxy) is 1. The van der Waals surface area contributed by atoms with Gasteiger partial charge in [-0.3, -0.25) is 4.79 Å². The minimum absolute atomic E-state index is 0.0117. The molecule has 2 heterocycles. The normalized spacial score (nSPS) is 11.1. The summed E-state index contributed by atoms with van der Waals surface area (Å²) in [6.07, 6.45) is 1.48. The summed E-state index contributed by atoms with van der Waals surface area (Å²) in [5.41, 5.74) is 2.14. The van der Waals surface area contributed by atoms with Crippen LogP contribution >= 0.6 is 11.6 Å². The van der Waals surface area contributed by atoms with Gasteiger partial charge in [0.15, 0.2) is 0 Å². The minimum Gasteiger partial charge on any atom is -0.548 e. The Morgan fingerprint density at radius 2 is 2.09 bits per heavy atom. The van der Waals surface area contributed by atoms with E-state index < -0.39 is 18.4 Å². The number of benzene rings is 2. The number of carboxylic acid groups (broad SMARTS) is 1. The standard InChI is InChI=1S/C22H19ClN4O5/c1-11(2)31-17-7-6-12(8-16(17)23)22-26-20(27-32-22)14-5-3-4-13-15(9-24-19(13)14)21(30)25-10-18(28)29/h3-9,11,24H,10H2,1-2H3,(H,25,30)(H,28,29)/p-1. The minimum atomic E-state index is -1.37. The Kier molecular flexibility index (Phi) is 5.83. The number of hydrogen-bond acceptors (Lipinski definition) is 7. The lowest BCUT2D eigenvalue weighted by molar-refractivity contribution is -0.303. The molecule has 2 aromatic heterocycles. The van der Waals surface area contributed by atoms with E-state index in [-0.39, 0.29) is 12.0 Å². The molecule has 4 rings (SSSR count). The highest BCUT2D eigenvalue weighted by molar-refractivity contribution is 6.32. The van der Waals surface area contributed by atoms with Crippen molar-refractivity contribution >= 4 is 34.4 Å². The van der Waals surface area contributed by atoms with E-state index in [1.165, 1.54) is 6.20 Å². The van der Waals surface area contributed by atoms with Gasteiger partial charge < -0.3 is 29.5 Å². The summed E-state index contributed by atoms with van der Waals surface area (Å²) in [5, 5.41) is 18.0. The molecule has 0 unspecified atom stereocenters. The first-order valence-corrected chi connectivity index (χ1v) is 10.1. The Labute approximate surface area is 187 Å². The molecule has 1 amide bonds. The van der Waals surface area contributed by atoms with E-state index in [4.69, 9.17) is 20.9 Å². The fourth-order valence-corrected chi connectivity index (χ4v) is 3.43. The third-order valence-corrected chi connectivity index (χ3v) is 4.86. The Hall–Kier alpha value is -3.85. The SMILES string of the molecule is CC(C)Oc1ccc(-c2nc(-c3cccc4c(C(=O)NCC(=O)[O-])c[nH]c34)no2)cc1Cl. The Morgan fingerprint density at radius 3 is 2.81 bits per heavy atom. The third-order valence-electron chi connectivity index (χ3n) is 4.56. The van der Waals surface area contributed by atoms with E-state index in [0.717, 1.165) is 0 Å². The molecule has 0 saturated carbocycles. The van der Waals surface area contributed by atoms with Crippen molar-refractivity contribution in [3.8, 4) is 28.6 Å². The second kappa shape index (κ2) is 8.72. The van der Waals surface area contributed by atoms with Gasteiger partial charge in [0.05, 0.1) is 34.7 Å². The van der Waals surface area contributed by atoms with E-state index in [9.17, 15) is 14.7 Å². The highest BCUT2D eigenvalue weighted by Gasteiger charge is 2.18. The van der Waals surface area contributed by atoms with Crippen LogP contribution in [0, 0.1) is 0 Å². The zero-order valence-electron chi connectivity index (χ0n) is 17.1. The van der Waals surface area contributed by atoms with Crippen LogP contribution in [0.25, 0.3) is 33.7 Å². The Bertz CT molecular complexity index is 1310. The van der Waals surface area contributed by atoms with Crippen molar-refractivity contribution in [2.24, 2.45) is 0 Å². The number of rotatable bonds is 7. The molecule has 0 aliphatic heterocycles. The van der Waals surface area contributed by atoms with Gasteiger partial charge >= 0.3 is 0 Å². The van der Waals surface area contributed by atoms with Gasteiger partial charge in [0.25, 0.3) is 11.8 Å². The van der Waals surface area contributed by atoms with Gasteiger partial charge in [-0.25, -0.2) is 0 Å². The molecule has 0 spiro atoms. The van der Waals surface area contributed by atoms with Gasteiger partial charge in [0.2, 0.25) is 5.82 Å². The van der Waals surface area contributed by atoms with Crippen LogP contribution in [0.1, 0.15) is 24.2 Å². The summed E-state index contributed by atoms with van der Waals surface area (Å²) in [7, 11) is 0. The zero-order chi connectivity index (χ0) is 22.8. The van der Waals surface area contributed by atoms with Crippen molar-refractivity contribution in [3.63, 3.8) is 0 Å². The highest BCUT2D eigenvalue weighted by Crippen LogP contribution is 2.33. The fourth-order valence-electron chi connectivity index (χ4n) is 3.21. The molecule has 10 heteroatoms. The number of amides is 1. The predicted octanol–water partition coefficient (Wildman–Crippen LogP) is 2.81. The number of para-hydroxylation sites is 1. The van der Waals surface area contributed by atoms with Crippen LogP contribution in [0.4, 0.5) is 0 Å². The van der Waals surface area contributed by atoms with Crippen LogP contribution in [0.5, 0.6) is 5.75 Å². The topological polar surface area (TPSA) is 133 Å². The molecule has 0 bridgehead atoms. The number of aliphatic carboxylic acids is 1.